The summed E-state index contributed by atoms with van der Waals surface area (Å²) in [4.78, 5) is 24.8. The molecular formula is C17H13NO2. The van der Waals surface area contributed by atoms with Gasteiger partial charge in [-0.25, -0.2) is 0 Å². The minimum atomic E-state index is -0.0922. The number of carbonyl (C=O) groups is 2. The summed E-state index contributed by atoms with van der Waals surface area (Å²) in [6, 6.07) is 14.4. The molecule has 1 aliphatic carbocycles. The summed E-state index contributed by atoms with van der Waals surface area (Å²) in [5, 5.41) is 0. The normalized spacial score (nSPS) is 16.5. The molecule has 1 amide bonds. The molecule has 1 fully saturated rings. The zero-order valence-corrected chi connectivity index (χ0v) is 10.9. The third kappa shape index (κ3) is 1.59. The molecule has 0 spiro atoms. The van der Waals surface area contributed by atoms with Crippen LogP contribution >= 0.6 is 0 Å². The third-order valence-electron chi connectivity index (χ3n) is 4.07. The number of hydrogen-bond donors (Lipinski definition) is 0. The highest BCUT2D eigenvalue weighted by atomic mass is 16.2. The van der Waals surface area contributed by atoms with Crippen LogP contribution in [0.15, 0.2) is 42.5 Å². The molecule has 2 aromatic carbocycles. The van der Waals surface area contributed by atoms with Gasteiger partial charge in [0.1, 0.15) is 0 Å². The number of carbonyl (C=O) groups excluding carboxylic acids is 2. The molecule has 3 nitrogen and oxygen atoms in total. The van der Waals surface area contributed by atoms with Crippen LogP contribution in [0.5, 0.6) is 0 Å². The fourth-order valence-electron chi connectivity index (χ4n) is 3.12. The molecule has 20 heavy (non-hydrogen) atoms. The van der Waals surface area contributed by atoms with Crippen LogP contribution in [0.1, 0.15) is 17.5 Å². The van der Waals surface area contributed by atoms with Crippen molar-refractivity contribution in [3.63, 3.8) is 0 Å². The number of anilines is 1. The average Bonchev–Trinajstić information content (AvgIpc) is 2.97. The fourth-order valence-corrected chi connectivity index (χ4v) is 3.12. The fraction of sp³-hybridized carbons (Fsp3) is 0.176. The Balaban J connectivity index is 1.76. The van der Waals surface area contributed by atoms with E-state index in [4.69, 9.17) is 0 Å². The van der Waals surface area contributed by atoms with Crippen molar-refractivity contribution in [3.05, 3.63) is 53.6 Å². The van der Waals surface area contributed by atoms with E-state index in [1.54, 1.807) is 4.90 Å². The zero-order valence-electron chi connectivity index (χ0n) is 10.9. The summed E-state index contributed by atoms with van der Waals surface area (Å²) in [5.74, 6) is -0.0933. The van der Waals surface area contributed by atoms with Crippen LogP contribution in [0, 0.1) is 0 Å². The Morgan fingerprint density at radius 3 is 2.45 bits per heavy atom. The first-order chi connectivity index (χ1) is 9.72. The Labute approximate surface area is 116 Å². The van der Waals surface area contributed by atoms with E-state index in [2.05, 4.69) is 18.2 Å². The largest absolute Gasteiger partial charge is 0.305 e. The van der Waals surface area contributed by atoms with Crippen molar-refractivity contribution < 1.29 is 9.59 Å². The van der Waals surface area contributed by atoms with E-state index in [0.717, 1.165) is 12.1 Å². The van der Waals surface area contributed by atoms with Crippen LogP contribution in [0.3, 0.4) is 0 Å². The molecule has 1 saturated heterocycles. The van der Waals surface area contributed by atoms with Crippen molar-refractivity contribution in [2.45, 2.75) is 12.8 Å². The van der Waals surface area contributed by atoms with Gasteiger partial charge in [-0.05, 0) is 40.8 Å². The third-order valence-corrected chi connectivity index (χ3v) is 4.07. The van der Waals surface area contributed by atoms with Gasteiger partial charge in [-0.15, -0.1) is 0 Å². The Bertz CT molecular complexity index is 748. The van der Waals surface area contributed by atoms with Crippen LogP contribution in [0.25, 0.3) is 11.1 Å². The zero-order chi connectivity index (χ0) is 13.7. The van der Waals surface area contributed by atoms with Gasteiger partial charge in [0, 0.05) is 5.69 Å². The number of rotatable bonds is 1. The molecule has 3 heteroatoms. The minimum absolute atomic E-state index is 0.00113. The van der Waals surface area contributed by atoms with Crippen LogP contribution in [0.2, 0.25) is 0 Å². The molecule has 2 aromatic rings. The lowest BCUT2D eigenvalue weighted by Crippen LogP contribution is -2.24. The molecule has 1 heterocycles. The molecule has 98 valence electrons. The monoisotopic (exact) mass is 263 g/mol. The van der Waals surface area contributed by atoms with E-state index in [1.165, 1.54) is 22.3 Å². The maximum Gasteiger partial charge on any atom is 0.234 e. The average molecular weight is 263 g/mol. The lowest BCUT2D eigenvalue weighted by molar-refractivity contribution is -0.121. The maximum absolute atomic E-state index is 11.8. The molecule has 1 aliphatic heterocycles. The van der Waals surface area contributed by atoms with Crippen molar-refractivity contribution in [2.24, 2.45) is 0 Å². The first-order valence-corrected chi connectivity index (χ1v) is 6.75. The first kappa shape index (κ1) is 11.4. The second-order valence-electron chi connectivity index (χ2n) is 5.37. The Morgan fingerprint density at radius 2 is 1.65 bits per heavy atom. The Kier molecular flexibility index (Phi) is 2.30. The molecule has 0 N–H and O–H groups in total. The van der Waals surface area contributed by atoms with Crippen molar-refractivity contribution in [3.8, 4) is 11.1 Å². The number of ketones is 1. The van der Waals surface area contributed by atoms with Gasteiger partial charge in [0.15, 0.2) is 5.78 Å². The Hall–Kier alpha value is -2.42. The van der Waals surface area contributed by atoms with Crippen LogP contribution in [-0.4, -0.2) is 18.2 Å². The van der Waals surface area contributed by atoms with Crippen LogP contribution in [-0.2, 0) is 16.0 Å². The van der Waals surface area contributed by atoms with Gasteiger partial charge in [-0.1, -0.05) is 30.3 Å². The van der Waals surface area contributed by atoms with E-state index in [9.17, 15) is 9.59 Å². The molecule has 0 atom stereocenters. The van der Waals surface area contributed by atoms with Gasteiger partial charge in [-0.2, -0.15) is 0 Å². The van der Waals surface area contributed by atoms with Gasteiger partial charge in [0.05, 0.1) is 13.0 Å². The second-order valence-corrected chi connectivity index (χ2v) is 5.37. The Morgan fingerprint density at radius 1 is 0.850 bits per heavy atom. The van der Waals surface area contributed by atoms with Crippen molar-refractivity contribution >= 4 is 17.4 Å². The summed E-state index contributed by atoms with van der Waals surface area (Å²) in [7, 11) is 0. The topological polar surface area (TPSA) is 37.4 Å². The quantitative estimate of drug-likeness (QED) is 0.633. The summed E-state index contributed by atoms with van der Waals surface area (Å²) in [5.41, 5.74) is 5.91. The molecule has 0 radical (unpaired) electrons. The number of fused-ring (bicyclic) bond motifs is 3. The summed E-state index contributed by atoms with van der Waals surface area (Å²) >= 11 is 0. The number of nitrogens with zero attached hydrogens (tertiary/aromatic N) is 1. The lowest BCUT2D eigenvalue weighted by atomic mass is 10.1. The SMILES string of the molecule is O=C1CC(=O)N(c2ccc3c(c2)Cc2ccccc2-3)C1. The summed E-state index contributed by atoms with van der Waals surface area (Å²) in [6.45, 7) is 0.213. The number of amides is 1. The van der Waals surface area contributed by atoms with E-state index in [1.807, 2.05) is 24.3 Å². The van der Waals surface area contributed by atoms with E-state index in [0.29, 0.717) is 0 Å². The van der Waals surface area contributed by atoms with Crippen LogP contribution < -0.4 is 4.90 Å². The number of benzene rings is 2. The first-order valence-electron chi connectivity index (χ1n) is 6.75. The van der Waals surface area contributed by atoms with Crippen LogP contribution in [0.4, 0.5) is 5.69 Å². The van der Waals surface area contributed by atoms with E-state index < -0.39 is 0 Å². The van der Waals surface area contributed by atoms with Gasteiger partial charge in [0.2, 0.25) is 5.91 Å². The summed E-state index contributed by atoms with van der Waals surface area (Å²) < 4.78 is 0. The molecule has 4 rings (SSSR count). The predicted octanol–water partition coefficient (Wildman–Crippen LogP) is 2.56. The van der Waals surface area contributed by atoms with Gasteiger partial charge >= 0.3 is 0 Å². The maximum atomic E-state index is 11.8. The molecule has 2 aliphatic rings. The number of Topliss-reactive ketones (excluding diaryl/α,β-unsaturated/α-hetero) is 1. The summed E-state index contributed by atoms with van der Waals surface area (Å²) in [6.07, 6.45) is 0.937. The number of hydrogen-bond acceptors (Lipinski definition) is 2. The van der Waals surface area contributed by atoms with Gasteiger partial charge < -0.3 is 4.90 Å². The van der Waals surface area contributed by atoms with E-state index in [-0.39, 0.29) is 24.7 Å². The van der Waals surface area contributed by atoms with E-state index >= 15 is 0 Å². The highest BCUT2D eigenvalue weighted by molar-refractivity contribution is 6.15. The van der Waals surface area contributed by atoms with Crippen molar-refractivity contribution in [1.29, 1.82) is 0 Å². The molecular weight excluding hydrogens is 250 g/mol. The minimum Gasteiger partial charge on any atom is -0.305 e. The highest BCUT2D eigenvalue weighted by Gasteiger charge is 2.29. The highest BCUT2D eigenvalue weighted by Crippen LogP contribution is 2.38. The lowest BCUT2D eigenvalue weighted by Gasteiger charge is -2.16. The smallest absolute Gasteiger partial charge is 0.234 e. The van der Waals surface area contributed by atoms with Gasteiger partial charge in [-0.3, -0.25) is 9.59 Å². The second kappa shape index (κ2) is 4.04. The molecule has 0 bridgehead atoms. The van der Waals surface area contributed by atoms with Crippen molar-refractivity contribution in [2.75, 3.05) is 11.4 Å². The standard InChI is InChI=1S/C17H13NO2/c19-14-9-17(20)18(10-14)13-5-6-16-12(8-13)7-11-3-1-2-4-15(11)16/h1-6,8H,7,9-10H2. The molecule has 0 saturated carbocycles. The molecule has 0 unspecified atom stereocenters. The molecule has 0 aromatic heterocycles. The predicted molar refractivity (Wildman–Crippen MR) is 76.7 cm³/mol. The van der Waals surface area contributed by atoms with Crippen molar-refractivity contribution in [1.82, 2.24) is 0 Å². The van der Waals surface area contributed by atoms with Gasteiger partial charge in [0.25, 0.3) is 0 Å².